The summed E-state index contributed by atoms with van der Waals surface area (Å²) >= 11 is 0. The molecule has 1 aliphatic carbocycles. The maximum atomic E-state index is 6.07. The van der Waals surface area contributed by atoms with Crippen LogP contribution in [0, 0.1) is 0 Å². The van der Waals surface area contributed by atoms with Gasteiger partial charge in [0, 0.05) is 17.0 Å². The van der Waals surface area contributed by atoms with Crippen LogP contribution in [0.15, 0.2) is 16.5 Å². The largest absolute Gasteiger partial charge is 0.459 e. The Bertz CT molecular complexity index is 643. The molecule has 1 saturated carbocycles. The molecule has 2 aromatic rings. The first-order chi connectivity index (χ1) is 9.86. The monoisotopic (exact) mass is 273 g/mol. The Labute approximate surface area is 118 Å². The second kappa shape index (κ2) is 4.70. The Kier molecular flexibility index (Phi) is 2.84. The summed E-state index contributed by atoms with van der Waals surface area (Å²) in [4.78, 5) is 0. The van der Waals surface area contributed by atoms with Gasteiger partial charge in [-0.05, 0) is 37.8 Å². The zero-order valence-corrected chi connectivity index (χ0v) is 11.7. The summed E-state index contributed by atoms with van der Waals surface area (Å²) in [6.07, 6.45) is 3.67. The highest BCUT2D eigenvalue weighted by atomic mass is 16.7. The molecule has 0 atom stereocenters. The van der Waals surface area contributed by atoms with Gasteiger partial charge in [0.05, 0.1) is 6.54 Å². The SMILES string of the molecule is CCCNCc1oc2cc3c(cc2c1C1CC1)OCO3. The zero-order valence-electron chi connectivity index (χ0n) is 11.7. The van der Waals surface area contributed by atoms with Gasteiger partial charge in [-0.3, -0.25) is 0 Å². The second-order valence-electron chi connectivity index (χ2n) is 5.59. The fourth-order valence-corrected chi connectivity index (χ4v) is 2.89. The summed E-state index contributed by atoms with van der Waals surface area (Å²) in [5.41, 5.74) is 2.30. The fourth-order valence-electron chi connectivity index (χ4n) is 2.89. The molecule has 2 heterocycles. The van der Waals surface area contributed by atoms with Crippen LogP contribution in [0.4, 0.5) is 0 Å². The topological polar surface area (TPSA) is 43.6 Å². The van der Waals surface area contributed by atoms with Crippen LogP contribution in [0.5, 0.6) is 11.5 Å². The molecule has 0 bridgehead atoms. The summed E-state index contributed by atoms with van der Waals surface area (Å²) in [6.45, 7) is 4.31. The number of fused-ring (bicyclic) bond motifs is 2. The Morgan fingerprint density at radius 1 is 1.20 bits per heavy atom. The number of nitrogens with one attached hydrogen (secondary N) is 1. The van der Waals surface area contributed by atoms with E-state index in [9.17, 15) is 0 Å². The maximum absolute atomic E-state index is 6.07. The van der Waals surface area contributed by atoms with Crippen LogP contribution in [-0.4, -0.2) is 13.3 Å². The Morgan fingerprint density at radius 2 is 2.00 bits per heavy atom. The molecule has 1 N–H and O–H groups in total. The van der Waals surface area contributed by atoms with Gasteiger partial charge < -0.3 is 19.2 Å². The predicted octanol–water partition coefficient (Wildman–Crippen LogP) is 3.54. The van der Waals surface area contributed by atoms with E-state index in [2.05, 4.69) is 18.3 Å². The van der Waals surface area contributed by atoms with Crippen molar-refractivity contribution in [3.8, 4) is 11.5 Å². The lowest BCUT2D eigenvalue weighted by molar-refractivity contribution is 0.174. The van der Waals surface area contributed by atoms with Gasteiger partial charge in [0.25, 0.3) is 0 Å². The molecule has 1 aliphatic heterocycles. The first kappa shape index (κ1) is 12.1. The van der Waals surface area contributed by atoms with E-state index in [0.29, 0.717) is 12.7 Å². The van der Waals surface area contributed by atoms with E-state index in [-0.39, 0.29) is 0 Å². The first-order valence-corrected chi connectivity index (χ1v) is 7.42. The molecular formula is C16H19NO3. The molecule has 1 aromatic heterocycles. The third kappa shape index (κ3) is 1.95. The van der Waals surface area contributed by atoms with Crippen LogP contribution in [-0.2, 0) is 6.54 Å². The molecule has 0 amide bonds. The quantitative estimate of drug-likeness (QED) is 0.846. The minimum atomic E-state index is 0.311. The summed E-state index contributed by atoms with van der Waals surface area (Å²) < 4.78 is 17.0. The molecule has 0 spiro atoms. The zero-order chi connectivity index (χ0) is 13.5. The molecule has 2 aliphatic rings. The molecule has 0 saturated heterocycles. The average Bonchev–Trinajstić information content (AvgIpc) is 3.07. The van der Waals surface area contributed by atoms with Crippen LogP contribution < -0.4 is 14.8 Å². The summed E-state index contributed by atoms with van der Waals surface area (Å²) in [5.74, 6) is 3.38. The molecule has 0 unspecified atom stereocenters. The number of ether oxygens (including phenoxy) is 2. The number of rotatable bonds is 5. The second-order valence-corrected chi connectivity index (χ2v) is 5.59. The van der Waals surface area contributed by atoms with Crippen molar-refractivity contribution in [1.82, 2.24) is 5.32 Å². The van der Waals surface area contributed by atoms with Gasteiger partial charge in [0.2, 0.25) is 6.79 Å². The van der Waals surface area contributed by atoms with Gasteiger partial charge in [0.15, 0.2) is 11.5 Å². The van der Waals surface area contributed by atoms with Crippen molar-refractivity contribution in [2.75, 3.05) is 13.3 Å². The van der Waals surface area contributed by atoms with E-state index in [1.807, 2.05) is 6.07 Å². The van der Waals surface area contributed by atoms with Gasteiger partial charge in [-0.25, -0.2) is 0 Å². The summed E-state index contributed by atoms with van der Waals surface area (Å²) in [7, 11) is 0. The molecule has 1 fully saturated rings. The van der Waals surface area contributed by atoms with Crippen molar-refractivity contribution in [3.05, 3.63) is 23.5 Å². The first-order valence-electron chi connectivity index (χ1n) is 7.42. The Morgan fingerprint density at radius 3 is 2.75 bits per heavy atom. The van der Waals surface area contributed by atoms with E-state index in [1.165, 1.54) is 23.8 Å². The van der Waals surface area contributed by atoms with Gasteiger partial charge in [-0.1, -0.05) is 6.92 Å². The number of hydrogen-bond donors (Lipinski definition) is 1. The third-order valence-electron chi connectivity index (χ3n) is 4.00. The van der Waals surface area contributed by atoms with E-state index < -0.39 is 0 Å². The lowest BCUT2D eigenvalue weighted by Gasteiger charge is -2.03. The van der Waals surface area contributed by atoms with Crippen molar-refractivity contribution >= 4 is 11.0 Å². The van der Waals surface area contributed by atoms with E-state index in [4.69, 9.17) is 13.9 Å². The highest BCUT2D eigenvalue weighted by molar-refractivity contribution is 5.87. The Balaban J connectivity index is 1.76. The van der Waals surface area contributed by atoms with Crippen molar-refractivity contribution < 1.29 is 13.9 Å². The van der Waals surface area contributed by atoms with Gasteiger partial charge in [-0.2, -0.15) is 0 Å². The van der Waals surface area contributed by atoms with Gasteiger partial charge in [-0.15, -0.1) is 0 Å². The lowest BCUT2D eigenvalue weighted by atomic mass is 10.1. The van der Waals surface area contributed by atoms with Crippen LogP contribution in [0.25, 0.3) is 11.0 Å². The predicted molar refractivity (Wildman–Crippen MR) is 76.3 cm³/mol. The molecule has 1 aromatic carbocycles. The molecule has 4 heteroatoms. The van der Waals surface area contributed by atoms with Crippen molar-refractivity contribution in [2.45, 2.75) is 38.6 Å². The highest BCUT2D eigenvalue weighted by Crippen LogP contribution is 2.48. The number of hydrogen-bond acceptors (Lipinski definition) is 4. The smallest absolute Gasteiger partial charge is 0.231 e. The van der Waals surface area contributed by atoms with E-state index >= 15 is 0 Å². The molecular weight excluding hydrogens is 254 g/mol. The van der Waals surface area contributed by atoms with Gasteiger partial charge >= 0.3 is 0 Å². The fraction of sp³-hybridized carbons (Fsp3) is 0.500. The van der Waals surface area contributed by atoms with Crippen LogP contribution in [0.1, 0.15) is 43.4 Å². The van der Waals surface area contributed by atoms with Crippen LogP contribution in [0.2, 0.25) is 0 Å². The highest BCUT2D eigenvalue weighted by Gasteiger charge is 2.31. The van der Waals surface area contributed by atoms with Crippen molar-refractivity contribution in [2.24, 2.45) is 0 Å². The molecule has 0 radical (unpaired) electrons. The molecule has 4 nitrogen and oxygen atoms in total. The van der Waals surface area contributed by atoms with E-state index in [1.54, 1.807) is 0 Å². The summed E-state index contributed by atoms with van der Waals surface area (Å²) in [5, 5.41) is 4.64. The average molecular weight is 273 g/mol. The maximum Gasteiger partial charge on any atom is 0.231 e. The molecule has 4 rings (SSSR count). The Hall–Kier alpha value is -1.68. The van der Waals surface area contributed by atoms with E-state index in [0.717, 1.165) is 42.4 Å². The van der Waals surface area contributed by atoms with Crippen LogP contribution >= 0.6 is 0 Å². The number of benzene rings is 1. The van der Waals surface area contributed by atoms with Crippen molar-refractivity contribution in [3.63, 3.8) is 0 Å². The summed E-state index contributed by atoms with van der Waals surface area (Å²) in [6, 6.07) is 4.05. The standard InChI is InChI=1S/C16H19NO3/c1-2-5-17-8-15-16(10-3-4-10)11-6-13-14(19-9-18-13)7-12(11)20-15/h6-7,10,17H,2-5,8-9H2,1H3. The van der Waals surface area contributed by atoms with Crippen molar-refractivity contribution in [1.29, 1.82) is 0 Å². The third-order valence-corrected chi connectivity index (χ3v) is 4.00. The number of furan rings is 1. The normalized spacial score (nSPS) is 17.1. The van der Waals surface area contributed by atoms with Crippen LogP contribution in [0.3, 0.4) is 0 Å². The molecule has 106 valence electrons. The van der Waals surface area contributed by atoms with Gasteiger partial charge in [0.1, 0.15) is 11.3 Å². The lowest BCUT2D eigenvalue weighted by Crippen LogP contribution is -2.14. The minimum Gasteiger partial charge on any atom is -0.459 e. The molecule has 20 heavy (non-hydrogen) atoms. The minimum absolute atomic E-state index is 0.311.